The molecule has 16 nitrogen and oxygen atoms in total. The smallest absolute Gasteiger partial charge is 0.408 e. The molecule has 4 amide bonds. The number of alkyl carbamates (subject to hydrolysis) is 1. The molecule has 3 heterocycles. The zero-order chi connectivity index (χ0) is 39.0. The van der Waals surface area contributed by atoms with Crippen LogP contribution in [0.4, 0.5) is 9.59 Å². The third-order valence-electron chi connectivity index (χ3n) is 8.27. The molecule has 1 unspecified atom stereocenters. The van der Waals surface area contributed by atoms with Gasteiger partial charge in [-0.2, -0.15) is 0 Å². The summed E-state index contributed by atoms with van der Waals surface area (Å²) in [5.74, 6) is -1.45. The lowest BCUT2D eigenvalue weighted by atomic mass is 10.1. The zero-order valence-electron chi connectivity index (χ0n) is 31.1. The summed E-state index contributed by atoms with van der Waals surface area (Å²) in [4.78, 5) is 65.5. The highest BCUT2D eigenvalue weighted by molar-refractivity contribution is 5.98. The third-order valence-corrected chi connectivity index (χ3v) is 8.27. The van der Waals surface area contributed by atoms with Gasteiger partial charge in [0.25, 0.3) is 5.89 Å². The van der Waals surface area contributed by atoms with Gasteiger partial charge in [0.1, 0.15) is 24.8 Å². The van der Waals surface area contributed by atoms with E-state index in [1.807, 2.05) is 13.1 Å². The first kappa shape index (κ1) is 44.1. The largest absolute Gasteiger partial charge is 0.465 e. The molecule has 2 aliphatic heterocycles. The van der Waals surface area contributed by atoms with Gasteiger partial charge >= 0.3 is 12.2 Å². The number of ether oxygens (including phenoxy) is 1. The number of piperidine rings is 1. The number of fused-ring (bicyclic) bond motifs is 1. The van der Waals surface area contributed by atoms with Crippen LogP contribution in [0.5, 0.6) is 0 Å². The summed E-state index contributed by atoms with van der Waals surface area (Å²) in [5.41, 5.74) is 13.1. The number of carbonyl (C=O) groups excluding carboxylic acids is 4. The Morgan fingerprint density at radius 1 is 0.943 bits per heavy atom. The van der Waals surface area contributed by atoms with Crippen molar-refractivity contribution in [1.29, 1.82) is 0 Å². The number of aryl methyl sites for hydroxylation is 1. The summed E-state index contributed by atoms with van der Waals surface area (Å²) in [6, 6.07) is 16.9. The molecule has 2 fully saturated rings. The van der Waals surface area contributed by atoms with Crippen LogP contribution in [-0.4, -0.2) is 115 Å². The number of aromatic nitrogens is 1. The van der Waals surface area contributed by atoms with E-state index in [0.717, 1.165) is 25.8 Å². The highest BCUT2D eigenvalue weighted by Crippen LogP contribution is 2.18. The van der Waals surface area contributed by atoms with Crippen LogP contribution >= 0.6 is 0 Å². The third kappa shape index (κ3) is 16.4. The minimum Gasteiger partial charge on any atom is -0.465 e. The Kier molecular flexibility index (Phi) is 20.8. The van der Waals surface area contributed by atoms with E-state index in [9.17, 15) is 24.0 Å². The molecule has 0 spiro atoms. The minimum absolute atomic E-state index is 0.0894. The van der Waals surface area contributed by atoms with Crippen LogP contribution in [0.3, 0.4) is 0 Å². The van der Waals surface area contributed by atoms with Crippen molar-refractivity contribution >= 4 is 40.9 Å². The lowest BCUT2D eigenvalue weighted by Crippen LogP contribution is -2.49. The van der Waals surface area contributed by atoms with Crippen LogP contribution in [-0.2, 0) is 20.7 Å². The van der Waals surface area contributed by atoms with E-state index in [-0.39, 0.29) is 31.8 Å². The monoisotopic (exact) mass is 740 g/mol. The summed E-state index contributed by atoms with van der Waals surface area (Å²) in [7, 11) is 1.98. The Labute approximate surface area is 311 Å². The predicted octanol–water partition coefficient (Wildman–Crippen LogP) is 3.10. The van der Waals surface area contributed by atoms with Gasteiger partial charge in [-0.15, -0.1) is 0 Å². The number of nitrogens with zero attached hydrogens (tertiary/aromatic N) is 3. The number of hydrogen-bond donors (Lipinski definition) is 6. The zero-order valence-corrected chi connectivity index (χ0v) is 31.1. The molecule has 0 radical (unpaired) electrons. The Hall–Kier alpha value is -5.06. The number of oxazole rings is 1. The van der Waals surface area contributed by atoms with Gasteiger partial charge < -0.3 is 45.7 Å². The standard InChI is InChI=1S/C18H21N5O6.C8H10.C6H12N2O2.C5H13N/c19-10-28-18(27)21-9-15(25)23-7-3-5-12(23)16(26)20-8-13(24)17-22-11-4-1-2-6-14(11)29-17;1-2-8-6-4-3-5-7-8;7-5-1-3-8(4-2-5)6(9)10;1-3-4-5-6-2/h1-2,4,6,12H,3,5,7-10,19H2,(H,20,26)(H,21,27);3-7H,2H2,1H3;5H,1-4,7H2,(H,9,10);6H,3-5H2,1-2H3. The van der Waals surface area contributed by atoms with E-state index in [1.165, 1.54) is 28.2 Å². The maximum Gasteiger partial charge on any atom is 0.408 e. The lowest BCUT2D eigenvalue weighted by Gasteiger charge is -2.27. The second-order valence-corrected chi connectivity index (χ2v) is 12.2. The fraction of sp³-hybridized carbons (Fsp3) is 0.514. The number of ketones is 1. The Bertz CT molecular complexity index is 1510. The van der Waals surface area contributed by atoms with Crippen molar-refractivity contribution in [3.8, 4) is 0 Å². The molecular formula is C37H56N8O8. The van der Waals surface area contributed by atoms with Gasteiger partial charge in [0, 0.05) is 25.7 Å². The number of carboxylic acid groups (broad SMARTS) is 1. The van der Waals surface area contributed by atoms with Gasteiger partial charge in [0.15, 0.2) is 5.58 Å². The van der Waals surface area contributed by atoms with Gasteiger partial charge in [0.05, 0.1) is 6.54 Å². The van der Waals surface area contributed by atoms with Gasteiger partial charge in [-0.3, -0.25) is 20.1 Å². The molecule has 292 valence electrons. The second-order valence-electron chi connectivity index (χ2n) is 12.2. The topological polar surface area (TPSA) is 235 Å². The first-order chi connectivity index (χ1) is 25.5. The van der Waals surface area contributed by atoms with Crippen LogP contribution in [0.25, 0.3) is 11.1 Å². The number of nitrogens with one attached hydrogen (secondary N) is 3. The van der Waals surface area contributed by atoms with E-state index in [1.54, 1.807) is 24.3 Å². The second kappa shape index (κ2) is 25.0. The molecule has 5 rings (SSSR count). The van der Waals surface area contributed by atoms with Crippen molar-refractivity contribution in [2.24, 2.45) is 11.5 Å². The van der Waals surface area contributed by atoms with Crippen molar-refractivity contribution in [1.82, 2.24) is 30.7 Å². The molecule has 8 N–H and O–H groups in total. The quantitative estimate of drug-likeness (QED) is 0.0946. The summed E-state index contributed by atoms with van der Waals surface area (Å²) < 4.78 is 9.87. The number of carbonyl (C=O) groups is 5. The first-order valence-corrected chi connectivity index (χ1v) is 18.0. The number of nitrogens with two attached hydrogens (primary N) is 2. The van der Waals surface area contributed by atoms with Crippen molar-refractivity contribution in [2.45, 2.75) is 70.9 Å². The molecule has 3 aromatic rings. The van der Waals surface area contributed by atoms with Crippen LogP contribution in [0.2, 0.25) is 0 Å². The molecule has 2 aromatic carbocycles. The molecule has 16 heteroatoms. The molecule has 53 heavy (non-hydrogen) atoms. The van der Waals surface area contributed by atoms with Gasteiger partial charge in [0.2, 0.25) is 17.6 Å². The van der Waals surface area contributed by atoms with Crippen LogP contribution < -0.4 is 27.4 Å². The average molecular weight is 741 g/mol. The van der Waals surface area contributed by atoms with Crippen molar-refractivity contribution in [3.63, 3.8) is 0 Å². The summed E-state index contributed by atoms with van der Waals surface area (Å²) in [6.07, 6.45) is 4.78. The summed E-state index contributed by atoms with van der Waals surface area (Å²) in [6.45, 7) is 6.17. The Morgan fingerprint density at radius 3 is 2.19 bits per heavy atom. The van der Waals surface area contributed by atoms with E-state index < -0.39 is 35.8 Å². The highest BCUT2D eigenvalue weighted by atomic mass is 16.6. The first-order valence-electron chi connectivity index (χ1n) is 18.0. The number of hydrogen-bond acceptors (Lipinski definition) is 11. The van der Waals surface area contributed by atoms with Crippen molar-refractivity contribution in [2.75, 3.05) is 53.0 Å². The number of Topliss-reactive ketones (excluding diaryl/α,β-unsaturated/α-hetero) is 1. The van der Waals surface area contributed by atoms with Crippen LogP contribution in [0, 0.1) is 0 Å². The van der Waals surface area contributed by atoms with Crippen molar-refractivity contribution < 1.29 is 38.2 Å². The van der Waals surface area contributed by atoms with Gasteiger partial charge in [-0.05, 0) is 69.8 Å². The fourth-order valence-corrected chi connectivity index (χ4v) is 5.22. The summed E-state index contributed by atoms with van der Waals surface area (Å²) >= 11 is 0. The number of para-hydroxylation sites is 2. The summed E-state index contributed by atoms with van der Waals surface area (Å²) in [5, 5.41) is 16.4. The molecular weight excluding hydrogens is 684 g/mol. The van der Waals surface area contributed by atoms with Crippen molar-refractivity contribution in [3.05, 3.63) is 66.1 Å². The Morgan fingerprint density at radius 2 is 1.62 bits per heavy atom. The SMILES string of the molecule is CCCCNC.CCc1ccccc1.NC1CCN(C(=O)O)CC1.NCOC(=O)NCC(=O)N1CCCC1C(=O)NCC(=O)c1nc2ccccc2o1. The Balaban J connectivity index is 0.000000326. The number of rotatable bonds is 11. The molecule has 1 aromatic heterocycles. The predicted molar refractivity (Wildman–Crippen MR) is 201 cm³/mol. The fourth-order valence-electron chi connectivity index (χ4n) is 5.22. The lowest BCUT2D eigenvalue weighted by molar-refractivity contribution is -0.137. The molecule has 2 aliphatic rings. The maximum absolute atomic E-state index is 12.5. The van der Waals surface area contributed by atoms with Crippen LogP contribution in [0.15, 0.2) is 59.0 Å². The normalized spacial score (nSPS) is 15.1. The average Bonchev–Trinajstić information content (AvgIpc) is 3.85. The van der Waals surface area contributed by atoms with Gasteiger partial charge in [-0.25, -0.2) is 14.6 Å². The number of likely N-dealkylation sites (tertiary alicyclic amines) is 2. The molecule has 0 saturated carbocycles. The molecule has 2 saturated heterocycles. The van der Waals surface area contributed by atoms with E-state index in [4.69, 9.17) is 21.0 Å². The van der Waals surface area contributed by atoms with E-state index in [0.29, 0.717) is 43.6 Å². The highest BCUT2D eigenvalue weighted by Gasteiger charge is 2.34. The number of unbranched alkanes of at least 4 members (excludes halogenated alkanes) is 1. The van der Waals surface area contributed by atoms with E-state index in [2.05, 4.69) is 63.8 Å². The molecule has 0 bridgehead atoms. The van der Waals surface area contributed by atoms with Gasteiger partial charge in [-0.1, -0.05) is 62.7 Å². The number of benzene rings is 2. The maximum atomic E-state index is 12.5. The number of amides is 4. The molecule has 1 atom stereocenters. The van der Waals surface area contributed by atoms with E-state index >= 15 is 0 Å². The van der Waals surface area contributed by atoms with Crippen LogP contribution in [0.1, 0.15) is 68.6 Å². The minimum atomic E-state index is -0.827. The molecule has 0 aliphatic carbocycles.